The number of Topliss-reactive ketones (excluding diaryl/α,β-unsaturated/α-hetero) is 1. The van der Waals surface area contributed by atoms with Crippen molar-refractivity contribution in [2.45, 2.75) is 216 Å². The summed E-state index contributed by atoms with van der Waals surface area (Å²) in [6, 6.07) is -15.7. The van der Waals surface area contributed by atoms with Crippen molar-refractivity contribution in [3.05, 3.63) is 0 Å². The Hall–Kier alpha value is -6.60. The fourth-order valence-electron chi connectivity index (χ4n) is 9.66. The Morgan fingerprint density at radius 2 is 1.16 bits per heavy atom. The smallest absolute Gasteiger partial charge is 0.335 e. The molecule has 8 amide bonds. The maximum absolute atomic E-state index is 14.1. The van der Waals surface area contributed by atoms with Gasteiger partial charge in [0, 0.05) is 19.6 Å². The highest BCUT2D eigenvalue weighted by atomic mass is 16.5. The molecule has 0 aliphatic carbocycles. The van der Waals surface area contributed by atoms with E-state index in [0.29, 0.717) is 23.7 Å². The number of cyclic esters (lactones) is 1. The van der Waals surface area contributed by atoms with Crippen molar-refractivity contribution in [2.75, 3.05) is 26.2 Å². The number of carbonyl (C=O) groups excluding carboxylic acids is 10. The molecule has 0 aromatic carbocycles. The van der Waals surface area contributed by atoms with Crippen LogP contribution in [0, 0.1) is 5.92 Å². The van der Waals surface area contributed by atoms with Gasteiger partial charge in [0.15, 0.2) is 23.9 Å². The van der Waals surface area contributed by atoms with Crippen LogP contribution in [0.3, 0.4) is 0 Å². The van der Waals surface area contributed by atoms with E-state index in [1.807, 2.05) is 10.6 Å². The van der Waals surface area contributed by atoms with Crippen LogP contribution in [0.1, 0.15) is 131 Å². The lowest BCUT2D eigenvalue weighted by molar-refractivity contribution is -0.160. The first-order chi connectivity index (χ1) is 38.1. The number of esters is 1. The van der Waals surface area contributed by atoms with Gasteiger partial charge in [0.25, 0.3) is 0 Å². The largest absolute Gasteiger partial charge is 0.479 e. The molecule has 0 aromatic rings. The highest BCUT2D eigenvalue weighted by Crippen LogP contribution is 2.23. The highest BCUT2D eigenvalue weighted by molar-refractivity contribution is 6.00. The molecule has 0 saturated carbocycles. The van der Waals surface area contributed by atoms with Crippen molar-refractivity contribution < 1.29 is 93.2 Å². The minimum atomic E-state index is -2.79. The monoisotopic (exact) mass is 1160 g/mol. The number of nitrogens with zero attached hydrogens (tertiary/aromatic N) is 3. The maximum atomic E-state index is 14.1. The van der Waals surface area contributed by atoms with Gasteiger partial charge in [-0.15, -0.1) is 0 Å². The molecule has 14 atom stereocenters. The molecule has 0 radical (unpaired) electrons. The Balaban J connectivity index is 2.12. The van der Waals surface area contributed by atoms with Crippen molar-refractivity contribution in [3.8, 4) is 0 Å². The Bertz CT molecular complexity index is 2230. The number of hydrogen-bond donors (Lipinski definition) is 15. The number of carboxylic acid groups (broad SMARTS) is 1. The number of guanidine groups is 1. The van der Waals surface area contributed by atoms with Crippen LogP contribution >= 0.6 is 0 Å². The van der Waals surface area contributed by atoms with E-state index in [-0.39, 0.29) is 51.2 Å². The number of nitrogens with one attached hydrogen (secondary N) is 6. The van der Waals surface area contributed by atoms with Gasteiger partial charge in [0.05, 0.1) is 31.3 Å². The van der Waals surface area contributed by atoms with Gasteiger partial charge < -0.3 is 93.7 Å². The second-order valence-corrected chi connectivity index (χ2v) is 21.3. The Labute approximate surface area is 469 Å². The first kappa shape index (κ1) is 68.7. The number of carboxylic acids is 1. The van der Waals surface area contributed by atoms with Gasteiger partial charge >= 0.3 is 11.9 Å². The molecule has 3 saturated heterocycles. The van der Waals surface area contributed by atoms with Gasteiger partial charge in [-0.2, -0.15) is 0 Å². The minimum Gasteiger partial charge on any atom is -0.479 e. The maximum Gasteiger partial charge on any atom is 0.335 e. The van der Waals surface area contributed by atoms with E-state index in [4.69, 9.17) is 16.2 Å². The number of fused-ring (bicyclic) bond motifs is 2. The van der Waals surface area contributed by atoms with E-state index < -0.39 is 170 Å². The molecule has 30 nitrogen and oxygen atoms in total. The van der Waals surface area contributed by atoms with Gasteiger partial charge in [-0.1, -0.05) is 65.2 Å². The molecule has 458 valence electrons. The topological polar surface area (TPSA) is 482 Å². The SMILES string of the molecule is CC(=O)C(O)C1NC(=O)C2C(O)CCN2C(=O)C(CO)NC(=O)C(C(O)C(=O)O)NC(=O)C(CCCN=C(N)N)NC(=O)C2C(O)CCN2C(=O)C(C)NC(=O)C(C(C)O)NC(=O)CC(CCCCCCCCCCC(C)C)OC1=O. The molecule has 0 spiro atoms. The number of amides is 8. The number of unbranched alkanes of at least 4 members (excludes halogenated alkanes) is 7. The average molecular weight is 1160 g/mol. The lowest BCUT2D eigenvalue weighted by atomic mass is 10.0. The van der Waals surface area contributed by atoms with Crippen LogP contribution in [-0.4, -0.2) is 228 Å². The van der Waals surface area contributed by atoms with E-state index in [0.717, 1.165) is 63.7 Å². The van der Waals surface area contributed by atoms with Crippen LogP contribution in [0.15, 0.2) is 4.99 Å². The molecule has 3 rings (SSSR count). The number of aliphatic carboxylic acids is 1. The Morgan fingerprint density at radius 1 is 0.642 bits per heavy atom. The summed E-state index contributed by atoms with van der Waals surface area (Å²) in [5, 5.41) is 88.1. The van der Waals surface area contributed by atoms with E-state index in [1.165, 1.54) is 6.92 Å². The quantitative estimate of drug-likeness (QED) is 0.0221. The van der Waals surface area contributed by atoms with Gasteiger partial charge in [-0.25, -0.2) is 9.59 Å². The van der Waals surface area contributed by atoms with Crippen molar-refractivity contribution in [1.29, 1.82) is 0 Å². The number of carbonyl (C=O) groups is 11. The summed E-state index contributed by atoms with van der Waals surface area (Å²) >= 11 is 0. The van der Waals surface area contributed by atoms with Gasteiger partial charge in [0.2, 0.25) is 47.3 Å². The third kappa shape index (κ3) is 21.0. The number of aliphatic hydroxyl groups is 6. The zero-order valence-corrected chi connectivity index (χ0v) is 46.6. The van der Waals surface area contributed by atoms with Crippen molar-refractivity contribution >= 4 is 70.9 Å². The first-order valence-corrected chi connectivity index (χ1v) is 27.5. The zero-order chi connectivity index (χ0) is 60.8. The van der Waals surface area contributed by atoms with E-state index in [9.17, 15) is 88.5 Å². The fraction of sp³-hybridized carbons (Fsp3) is 0.765. The lowest BCUT2D eigenvalue weighted by Gasteiger charge is -2.32. The molecule has 3 fully saturated rings. The summed E-state index contributed by atoms with van der Waals surface area (Å²) in [4.78, 5) is 156. The summed E-state index contributed by atoms with van der Waals surface area (Å²) in [7, 11) is 0. The van der Waals surface area contributed by atoms with Gasteiger partial charge in [-0.05, 0) is 65.2 Å². The molecular weight excluding hydrogens is 1070 g/mol. The normalized spacial score (nSPS) is 28.3. The molecule has 14 unspecified atom stereocenters. The number of nitrogens with two attached hydrogens (primary N) is 2. The summed E-state index contributed by atoms with van der Waals surface area (Å²) < 4.78 is 5.71. The lowest BCUT2D eigenvalue weighted by Crippen LogP contribution is -2.64. The second-order valence-electron chi connectivity index (χ2n) is 21.3. The van der Waals surface area contributed by atoms with Crippen molar-refractivity contribution in [1.82, 2.24) is 41.7 Å². The summed E-state index contributed by atoms with van der Waals surface area (Å²) in [5.74, 6) is -14.2. The number of ether oxygens (including phenoxy) is 1. The number of rotatable bonds is 21. The standard InChI is InChI=1S/C51H85N11O19/c1-25(2)15-12-10-8-6-7-9-11-13-16-29-23-34(68)58-35(27(4)64)43(72)55-26(3)47(76)61-21-18-32(66)38(61)45(74)56-30(17-14-20-54-51(52)53)42(71)59-36(41(70)49(78)79)44(73)57-31(24-63)48(77)62-22-19-33(67)39(62)46(75)60-37(50(80)81-29)40(69)28(5)65/h25-27,29-33,35-41,63-64,66-67,69-70H,6-24H2,1-5H3,(H,55,72)(H,56,74)(H,57,73)(H,58,68)(H,59,71)(H,60,75)(H,78,79)(H4,52,53,54). The predicted octanol–water partition coefficient (Wildman–Crippen LogP) is -5.47. The molecule has 3 heterocycles. The average Bonchev–Trinajstić information content (AvgIpc) is 4.04. The molecular formula is C51H85N11O19. The van der Waals surface area contributed by atoms with Crippen molar-refractivity contribution in [2.24, 2.45) is 22.4 Å². The van der Waals surface area contributed by atoms with Crippen molar-refractivity contribution in [3.63, 3.8) is 0 Å². The Morgan fingerprint density at radius 3 is 1.69 bits per heavy atom. The minimum absolute atomic E-state index is 0.0114. The molecule has 81 heavy (non-hydrogen) atoms. The summed E-state index contributed by atoms with van der Waals surface area (Å²) in [5.41, 5.74) is 10.8. The molecule has 30 heteroatoms. The van der Waals surface area contributed by atoms with E-state index in [1.54, 1.807) is 0 Å². The highest BCUT2D eigenvalue weighted by Gasteiger charge is 2.48. The summed E-state index contributed by atoms with van der Waals surface area (Å²) in [6.07, 6.45) is -5.19. The molecule has 3 aliphatic heterocycles. The third-order valence-electron chi connectivity index (χ3n) is 14.2. The van der Waals surface area contributed by atoms with E-state index in [2.05, 4.69) is 40.1 Å². The number of aliphatic imine (C=N–C) groups is 1. The van der Waals surface area contributed by atoms with Crippen LogP contribution in [0.2, 0.25) is 0 Å². The molecule has 3 aliphatic rings. The second kappa shape index (κ2) is 33.4. The Kier molecular flexibility index (Phi) is 28.3. The van der Waals surface area contributed by atoms with Gasteiger partial charge in [-0.3, -0.25) is 48.1 Å². The zero-order valence-electron chi connectivity index (χ0n) is 46.6. The molecule has 17 N–H and O–H groups in total. The number of hydrogen-bond acceptors (Lipinski definition) is 19. The molecule has 0 bridgehead atoms. The third-order valence-corrected chi connectivity index (χ3v) is 14.2. The molecule has 0 aromatic heterocycles. The first-order valence-electron chi connectivity index (χ1n) is 27.5. The predicted molar refractivity (Wildman–Crippen MR) is 284 cm³/mol. The number of aliphatic hydroxyl groups excluding tert-OH is 6. The number of ketones is 1. The summed E-state index contributed by atoms with van der Waals surface area (Å²) in [6.45, 7) is 5.36. The van der Waals surface area contributed by atoms with Crippen LogP contribution in [0.25, 0.3) is 0 Å². The van der Waals surface area contributed by atoms with Crippen LogP contribution in [0.5, 0.6) is 0 Å². The fourth-order valence-corrected chi connectivity index (χ4v) is 9.66. The van der Waals surface area contributed by atoms with Gasteiger partial charge in [0.1, 0.15) is 54.5 Å². The van der Waals surface area contributed by atoms with Crippen LogP contribution in [0.4, 0.5) is 0 Å². The van der Waals surface area contributed by atoms with Crippen LogP contribution in [-0.2, 0) is 57.5 Å². The van der Waals surface area contributed by atoms with Crippen LogP contribution < -0.4 is 43.4 Å². The van der Waals surface area contributed by atoms with E-state index >= 15 is 0 Å².